The number of benzene rings is 2. The summed E-state index contributed by atoms with van der Waals surface area (Å²) >= 11 is 6.17. The van der Waals surface area contributed by atoms with Crippen molar-refractivity contribution in [2.24, 2.45) is 11.3 Å². The van der Waals surface area contributed by atoms with Gasteiger partial charge >= 0.3 is 0 Å². The number of rotatable bonds is 5. The molecular weight excluding hydrogens is 612 g/mol. The van der Waals surface area contributed by atoms with Crippen LogP contribution in [0.5, 0.6) is 5.88 Å². The molecule has 0 saturated heterocycles. The van der Waals surface area contributed by atoms with E-state index in [0.717, 1.165) is 29.5 Å². The van der Waals surface area contributed by atoms with Gasteiger partial charge < -0.3 is 9.64 Å². The van der Waals surface area contributed by atoms with Gasteiger partial charge in [0, 0.05) is 17.2 Å². The standard InChI is InChI=1S/C33H35ClN6O4S/c1-20-7-5-8-21(2)30(20)27-13-29-38-32(37-27)39-45(42,43)26-10-6-9-23(12-26)31(41)40(18-24-16-35-17-28(34)36-24)25(19-44-29)11-22-14-33(3,4)15-22/h5-10,12-13,16-17,22,25H,11,14-15,18-19H2,1-4H3,(H,37,38,39). The molecule has 4 bridgehead atoms. The van der Waals surface area contributed by atoms with Gasteiger partial charge in [-0.1, -0.05) is 49.7 Å². The van der Waals surface area contributed by atoms with E-state index in [0.29, 0.717) is 23.7 Å². The third-order valence-corrected chi connectivity index (χ3v) is 9.97. The largest absolute Gasteiger partial charge is 0.475 e. The predicted molar refractivity (Wildman–Crippen MR) is 172 cm³/mol. The van der Waals surface area contributed by atoms with Gasteiger partial charge in [-0.2, -0.15) is 4.98 Å². The van der Waals surface area contributed by atoms with E-state index >= 15 is 0 Å². The van der Waals surface area contributed by atoms with Crippen molar-refractivity contribution in [3.63, 3.8) is 0 Å². The molecule has 1 N–H and O–H groups in total. The minimum Gasteiger partial charge on any atom is -0.475 e. The van der Waals surface area contributed by atoms with Crippen LogP contribution in [0.15, 0.2) is 65.8 Å². The molecular formula is C33H35ClN6O4S. The Bertz CT molecular complexity index is 1850. The second-order valence-electron chi connectivity index (χ2n) is 12.7. The molecule has 1 fully saturated rings. The molecule has 1 aliphatic carbocycles. The maximum absolute atomic E-state index is 14.3. The summed E-state index contributed by atoms with van der Waals surface area (Å²) in [5.41, 5.74) is 4.30. The van der Waals surface area contributed by atoms with Crippen LogP contribution >= 0.6 is 11.6 Å². The molecule has 0 radical (unpaired) electrons. The SMILES string of the molecule is Cc1cccc(C)c1-c1cc2nc(n1)NS(=O)(=O)c1cccc(c1)C(=O)N(Cc1cncc(Cl)n1)C(CC1CC(C)(C)C1)CO2. The number of fused-ring (bicyclic) bond motifs is 4. The second-order valence-corrected chi connectivity index (χ2v) is 14.8. The summed E-state index contributed by atoms with van der Waals surface area (Å²) in [5.74, 6) is 0.100. The quantitative estimate of drug-likeness (QED) is 0.270. The van der Waals surface area contributed by atoms with Crippen LogP contribution in [-0.2, 0) is 16.6 Å². The Morgan fingerprint density at radius 2 is 1.76 bits per heavy atom. The van der Waals surface area contributed by atoms with E-state index in [9.17, 15) is 13.2 Å². The van der Waals surface area contributed by atoms with E-state index in [1.807, 2.05) is 32.0 Å². The Kier molecular flexibility index (Phi) is 8.26. The Balaban J connectivity index is 1.48. The lowest BCUT2D eigenvalue weighted by Crippen LogP contribution is -2.46. The predicted octanol–water partition coefficient (Wildman–Crippen LogP) is 6.23. The Hall–Kier alpha value is -4.09. The number of nitrogens with one attached hydrogen (secondary N) is 1. The topological polar surface area (TPSA) is 127 Å². The fraction of sp³-hybridized carbons (Fsp3) is 0.364. The van der Waals surface area contributed by atoms with Crippen molar-refractivity contribution < 1.29 is 17.9 Å². The van der Waals surface area contributed by atoms with Crippen molar-refractivity contribution in [3.05, 3.63) is 88.5 Å². The van der Waals surface area contributed by atoms with Crippen molar-refractivity contribution >= 4 is 33.5 Å². The van der Waals surface area contributed by atoms with Crippen molar-refractivity contribution in [2.45, 2.75) is 64.4 Å². The molecule has 3 heterocycles. The number of sulfonamides is 1. The zero-order chi connectivity index (χ0) is 31.9. The number of halogens is 1. The van der Waals surface area contributed by atoms with Crippen LogP contribution in [0.3, 0.4) is 0 Å². The number of anilines is 1. The maximum Gasteiger partial charge on any atom is 0.264 e. The van der Waals surface area contributed by atoms with Gasteiger partial charge in [0.25, 0.3) is 15.9 Å². The number of ether oxygens (including phenoxy) is 1. The lowest BCUT2D eigenvalue weighted by Gasteiger charge is -2.45. The average molecular weight is 647 g/mol. The summed E-state index contributed by atoms with van der Waals surface area (Å²) in [7, 11) is -4.16. The molecule has 10 nitrogen and oxygen atoms in total. The van der Waals surface area contributed by atoms with E-state index in [2.05, 4.69) is 38.5 Å². The average Bonchev–Trinajstić information content (AvgIpc) is 2.96. The molecule has 0 spiro atoms. The summed E-state index contributed by atoms with van der Waals surface area (Å²) in [4.78, 5) is 33.5. The second kappa shape index (κ2) is 12.0. The molecule has 1 saturated carbocycles. The highest BCUT2D eigenvalue weighted by Gasteiger charge is 2.39. The van der Waals surface area contributed by atoms with Crippen LogP contribution in [0.4, 0.5) is 5.95 Å². The number of nitrogens with zero attached hydrogens (tertiary/aromatic N) is 5. The summed E-state index contributed by atoms with van der Waals surface area (Å²) < 4.78 is 36.1. The Morgan fingerprint density at radius 3 is 2.47 bits per heavy atom. The molecule has 1 amide bonds. The molecule has 2 aliphatic rings. The van der Waals surface area contributed by atoms with E-state index in [4.69, 9.17) is 16.3 Å². The van der Waals surface area contributed by atoms with Crippen LogP contribution in [0, 0.1) is 25.2 Å². The Labute approximate surface area is 268 Å². The number of aromatic nitrogens is 4. The van der Waals surface area contributed by atoms with Crippen LogP contribution in [0.2, 0.25) is 5.15 Å². The first-order valence-corrected chi connectivity index (χ1v) is 16.7. The van der Waals surface area contributed by atoms with E-state index < -0.39 is 16.1 Å². The first kappa shape index (κ1) is 30.9. The molecule has 234 valence electrons. The molecule has 1 unspecified atom stereocenters. The minimum atomic E-state index is -4.16. The molecule has 2 aromatic carbocycles. The van der Waals surface area contributed by atoms with Crippen molar-refractivity contribution in [2.75, 3.05) is 11.3 Å². The number of hydrogen-bond donors (Lipinski definition) is 1. The fourth-order valence-electron chi connectivity index (χ4n) is 6.55. The molecule has 6 rings (SSSR count). The molecule has 1 atom stereocenters. The Morgan fingerprint density at radius 1 is 1.02 bits per heavy atom. The minimum absolute atomic E-state index is 0.0871. The summed E-state index contributed by atoms with van der Waals surface area (Å²) in [6.45, 7) is 8.65. The van der Waals surface area contributed by atoms with Crippen molar-refractivity contribution in [1.29, 1.82) is 0 Å². The first-order chi connectivity index (χ1) is 21.4. The summed E-state index contributed by atoms with van der Waals surface area (Å²) in [6, 6.07) is 13.2. The first-order valence-electron chi connectivity index (χ1n) is 14.9. The van der Waals surface area contributed by atoms with Gasteiger partial charge in [-0.3, -0.25) is 9.78 Å². The van der Waals surface area contributed by atoms with Gasteiger partial charge in [-0.25, -0.2) is 23.1 Å². The normalized spacial score (nSPS) is 19.3. The van der Waals surface area contributed by atoms with Crippen LogP contribution in [0.1, 0.15) is 60.3 Å². The van der Waals surface area contributed by atoms with E-state index in [1.54, 1.807) is 29.3 Å². The van der Waals surface area contributed by atoms with Crippen molar-refractivity contribution in [3.8, 4) is 17.1 Å². The number of carbonyl (C=O) groups is 1. The van der Waals surface area contributed by atoms with Gasteiger partial charge in [-0.05, 0) is 73.8 Å². The highest BCUT2D eigenvalue weighted by molar-refractivity contribution is 7.92. The maximum atomic E-state index is 14.3. The summed E-state index contributed by atoms with van der Waals surface area (Å²) in [5, 5.41) is 0.214. The van der Waals surface area contributed by atoms with E-state index in [-0.39, 0.29) is 51.9 Å². The molecule has 2 aromatic heterocycles. The zero-order valence-corrected chi connectivity index (χ0v) is 27.2. The number of aryl methyl sites for hydroxylation is 2. The van der Waals surface area contributed by atoms with Gasteiger partial charge in [0.05, 0.1) is 41.3 Å². The molecule has 4 aromatic rings. The third kappa shape index (κ3) is 6.79. The lowest BCUT2D eigenvalue weighted by molar-refractivity contribution is 0.0317. The molecule has 1 aliphatic heterocycles. The van der Waals surface area contributed by atoms with Gasteiger partial charge in [0.15, 0.2) is 0 Å². The zero-order valence-electron chi connectivity index (χ0n) is 25.6. The fourth-order valence-corrected chi connectivity index (χ4v) is 7.71. The lowest BCUT2D eigenvalue weighted by atomic mass is 9.63. The third-order valence-electron chi connectivity index (χ3n) is 8.46. The number of amides is 1. The monoisotopic (exact) mass is 646 g/mol. The summed E-state index contributed by atoms with van der Waals surface area (Å²) in [6.07, 6.45) is 5.73. The van der Waals surface area contributed by atoms with Crippen LogP contribution in [-0.4, -0.2) is 51.8 Å². The highest BCUT2D eigenvalue weighted by Crippen LogP contribution is 2.47. The molecule has 45 heavy (non-hydrogen) atoms. The van der Waals surface area contributed by atoms with Gasteiger partial charge in [0.1, 0.15) is 11.8 Å². The smallest absolute Gasteiger partial charge is 0.264 e. The number of hydrogen-bond acceptors (Lipinski definition) is 8. The van der Waals surface area contributed by atoms with Crippen molar-refractivity contribution in [1.82, 2.24) is 24.8 Å². The number of carbonyl (C=O) groups excluding carboxylic acids is 1. The molecule has 12 heteroatoms. The van der Waals surface area contributed by atoms with Gasteiger partial charge in [-0.15, -0.1) is 0 Å². The van der Waals surface area contributed by atoms with Crippen LogP contribution in [0.25, 0.3) is 11.3 Å². The van der Waals surface area contributed by atoms with Gasteiger partial charge in [0.2, 0.25) is 11.8 Å². The highest BCUT2D eigenvalue weighted by atomic mass is 35.5. The van der Waals surface area contributed by atoms with E-state index in [1.165, 1.54) is 18.3 Å². The van der Waals surface area contributed by atoms with Crippen LogP contribution < -0.4 is 9.46 Å².